The quantitative estimate of drug-likeness (QED) is 0.564. The fourth-order valence-corrected chi connectivity index (χ4v) is 3.91. The van der Waals surface area contributed by atoms with Gasteiger partial charge in [-0.1, -0.05) is 24.6 Å². The molecule has 0 N–H and O–H groups in total. The number of ether oxygens (including phenoxy) is 1. The third-order valence-electron chi connectivity index (χ3n) is 4.23. The van der Waals surface area contributed by atoms with E-state index in [9.17, 15) is 4.79 Å². The van der Waals surface area contributed by atoms with E-state index < -0.39 is 0 Å². The molecule has 1 aromatic heterocycles. The molecular formula is C17H22N4O2S. The molecule has 0 saturated heterocycles. The number of rotatable bonds is 7. The molecule has 6 nitrogen and oxygen atoms in total. The maximum Gasteiger partial charge on any atom is 0.210 e. The van der Waals surface area contributed by atoms with Gasteiger partial charge in [0.2, 0.25) is 5.16 Å². The van der Waals surface area contributed by atoms with E-state index in [1.807, 2.05) is 42.8 Å². The van der Waals surface area contributed by atoms with Crippen LogP contribution in [-0.2, 0) is 0 Å². The minimum Gasteiger partial charge on any atom is -0.494 e. The average Bonchev–Trinajstić information content (AvgIpc) is 3.26. The second kappa shape index (κ2) is 7.79. The first kappa shape index (κ1) is 17.0. The van der Waals surface area contributed by atoms with E-state index in [1.54, 1.807) is 0 Å². The molecule has 1 fully saturated rings. The number of hydrogen-bond donors (Lipinski definition) is 0. The molecule has 24 heavy (non-hydrogen) atoms. The Kier molecular flexibility index (Phi) is 5.50. The van der Waals surface area contributed by atoms with Crippen molar-refractivity contribution in [2.75, 3.05) is 6.61 Å². The average molecular weight is 346 g/mol. The summed E-state index contributed by atoms with van der Waals surface area (Å²) in [6, 6.07) is 7.65. The zero-order valence-electron chi connectivity index (χ0n) is 14.0. The SMILES string of the molecule is CCOc1ccc(C(=O)[C@@H](C)Sc2nnnn2C2CCCC2)cc1. The normalized spacial score (nSPS) is 16.2. The second-order valence-electron chi connectivity index (χ2n) is 5.93. The van der Waals surface area contributed by atoms with Crippen molar-refractivity contribution < 1.29 is 9.53 Å². The molecule has 1 aliphatic carbocycles. The van der Waals surface area contributed by atoms with Gasteiger partial charge in [-0.2, -0.15) is 0 Å². The number of aromatic nitrogens is 4. The lowest BCUT2D eigenvalue weighted by atomic mass is 10.1. The summed E-state index contributed by atoms with van der Waals surface area (Å²) in [5, 5.41) is 12.5. The molecule has 0 unspecified atom stereocenters. The third-order valence-corrected chi connectivity index (χ3v) is 5.28. The highest BCUT2D eigenvalue weighted by Gasteiger charge is 2.25. The van der Waals surface area contributed by atoms with Crippen LogP contribution in [0, 0.1) is 0 Å². The van der Waals surface area contributed by atoms with Gasteiger partial charge in [0, 0.05) is 5.56 Å². The lowest BCUT2D eigenvalue weighted by Crippen LogP contribution is -2.16. The Bertz CT molecular complexity index is 680. The van der Waals surface area contributed by atoms with Crippen LogP contribution >= 0.6 is 11.8 Å². The van der Waals surface area contributed by atoms with Gasteiger partial charge >= 0.3 is 0 Å². The number of benzene rings is 1. The lowest BCUT2D eigenvalue weighted by Gasteiger charge is -2.13. The standard InChI is InChI=1S/C17H22N4O2S/c1-3-23-15-10-8-13(9-11-15)16(22)12(2)24-17-18-19-20-21(17)14-6-4-5-7-14/h8-12,14H,3-7H2,1-2H3/t12-/m1/s1. The van der Waals surface area contributed by atoms with Crippen molar-refractivity contribution in [1.82, 2.24) is 20.2 Å². The zero-order valence-corrected chi connectivity index (χ0v) is 14.8. The van der Waals surface area contributed by atoms with Crippen molar-refractivity contribution in [1.29, 1.82) is 0 Å². The smallest absolute Gasteiger partial charge is 0.210 e. The molecule has 2 aromatic rings. The third kappa shape index (κ3) is 3.77. The summed E-state index contributed by atoms with van der Waals surface area (Å²) >= 11 is 1.43. The minimum absolute atomic E-state index is 0.0732. The molecule has 0 amide bonds. The van der Waals surface area contributed by atoms with Crippen LogP contribution in [0.5, 0.6) is 5.75 Å². The van der Waals surface area contributed by atoms with Gasteiger partial charge in [-0.3, -0.25) is 4.79 Å². The Morgan fingerprint density at radius 2 is 2.04 bits per heavy atom. The van der Waals surface area contributed by atoms with E-state index >= 15 is 0 Å². The Morgan fingerprint density at radius 1 is 1.33 bits per heavy atom. The second-order valence-corrected chi connectivity index (χ2v) is 7.23. The van der Waals surface area contributed by atoms with Crippen molar-refractivity contribution in [3.8, 4) is 5.75 Å². The topological polar surface area (TPSA) is 69.9 Å². The molecule has 1 atom stereocenters. The Morgan fingerprint density at radius 3 is 2.71 bits per heavy atom. The summed E-state index contributed by atoms with van der Waals surface area (Å²) in [7, 11) is 0. The number of tetrazole rings is 1. The van der Waals surface area contributed by atoms with Crippen LogP contribution in [0.1, 0.15) is 55.9 Å². The Hall–Kier alpha value is -1.89. The molecule has 1 aromatic carbocycles. The van der Waals surface area contributed by atoms with Crippen molar-refractivity contribution in [2.45, 2.75) is 56.0 Å². The van der Waals surface area contributed by atoms with E-state index in [0.717, 1.165) is 23.7 Å². The van der Waals surface area contributed by atoms with Crippen LogP contribution < -0.4 is 4.74 Å². The summed E-state index contributed by atoms with van der Waals surface area (Å²) in [4.78, 5) is 12.6. The van der Waals surface area contributed by atoms with E-state index in [-0.39, 0.29) is 11.0 Å². The molecule has 0 spiro atoms. The van der Waals surface area contributed by atoms with Crippen molar-refractivity contribution in [3.63, 3.8) is 0 Å². The van der Waals surface area contributed by atoms with Crippen LogP contribution in [0.4, 0.5) is 0 Å². The highest BCUT2D eigenvalue weighted by atomic mass is 32.2. The van der Waals surface area contributed by atoms with Crippen molar-refractivity contribution in [3.05, 3.63) is 29.8 Å². The van der Waals surface area contributed by atoms with E-state index in [1.165, 1.54) is 24.6 Å². The number of thioether (sulfide) groups is 1. The summed E-state index contributed by atoms with van der Waals surface area (Å²) < 4.78 is 7.30. The van der Waals surface area contributed by atoms with Crippen LogP contribution in [0.2, 0.25) is 0 Å². The number of carbonyl (C=O) groups is 1. The van der Waals surface area contributed by atoms with Gasteiger partial charge in [-0.25, -0.2) is 4.68 Å². The van der Waals surface area contributed by atoms with E-state index in [0.29, 0.717) is 18.2 Å². The minimum atomic E-state index is -0.242. The molecule has 0 radical (unpaired) electrons. The van der Waals surface area contributed by atoms with Crippen molar-refractivity contribution in [2.24, 2.45) is 0 Å². The van der Waals surface area contributed by atoms with Gasteiger partial charge in [-0.15, -0.1) is 5.10 Å². The Balaban J connectivity index is 1.67. The molecule has 1 saturated carbocycles. The number of carbonyl (C=O) groups excluding carboxylic acids is 1. The Labute approximate surface area is 146 Å². The van der Waals surface area contributed by atoms with Crippen LogP contribution in [-0.4, -0.2) is 37.8 Å². The van der Waals surface area contributed by atoms with E-state index in [4.69, 9.17) is 4.74 Å². The fraction of sp³-hybridized carbons (Fsp3) is 0.529. The first-order valence-electron chi connectivity index (χ1n) is 8.40. The van der Waals surface area contributed by atoms with Gasteiger partial charge in [-0.05, 0) is 61.4 Å². The molecule has 0 bridgehead atoms. The summed E-state index contributed by atoms with van der Waals surface area (Å²) in [5.41, 5.74) is 0.679. The number of hydrogen-bond acceptors (Lipinski definition) is 6. The van der Waals surface area contributed by atoms with Gasteiger partial charge in [0.05, 0.1) is 17.9 Å². The maximum absolute atomic E-state index is 12.6. The van der Waals surface area contributed by atoms with Crippen LogP contribution in [0.25, 0.3) is 0 Å². The largest absolute Gasteiger partial charge is 0.494 e. The highest BCUT2D eigenvalue weighted by molar-refractivity contribution is 8.00. The summed E-state index contributed by atoms with van der Waals surface area (Å²) in [6.45, 7) is 4.45. The molecule has 7 heteroatoms. The predicted molar refractivity (Wildman–Crippen MR) is 92.6 cm³/mol. The summed E-state index contributed by atoms with van der Waals surface area (Å²) in [5.74, 6) is 0.851. The number of Topliss-reactive ketones (excluding diaryl/α,β-unsaturated/α-hetero) is 1. The maximum atomic E-state index is 12.6. The lowest BCUT2D eigenvalue weighted by molar-refractivity contribution is 0.0993. The van der Waals surface area contributed by atoms with E-state index in [2.05, 4.69) is 15.5 Å². The van der Waals surface area contributed by atoms with Gasteiger partial charge in [0.25, 0.3) is 0 Å². The van der Waals surface area contributed by atoms with Gasteiger partial charge in [0.15, 0.2) is 5.78 Å². The van der Waals surface area contributed by atoms with Crippen LogP contribution in [0.3, 0.4) is 0 Å². The van der Waals surface area contributed by atoms with Gasteiger partial charge < -0.3 is 4.74 Å². The zero-order chi connectivity index (χ0) is 16.9. The predicted octanol–water partition coefficient (Wildman–Crippen LogP) is 3.55. The molecule has 1 aliphatic rings. The van der Waals surface area contributed by atoms with Crippen LogP contribution in [0.15, 0.2) is 29.4 Å². The summed E-state index contributed by atoms with van der Waals surface area (Å²) in [6.07, 6.45) is 4.66. The monoisotopic (exact) mass is 346 g/mol. The molecule has 1 heterocycles. The number of nitrogens with zero attached hydrogens (tertiary/aromatic N) is 4. The highest BCUT2D eigenvalue weighted by Crippen LogP contribution is 2.33. The fourth-order valence-electron chi connectivity index (χ4n) is 2.97. The van der Waals surface area contributed by atoms with Gasteiger partial charge in [0.1, 0.15) is 5.75 Å². The molecule has 128 valence electrons. The first-order valence-corrected chi connectivity index (χ1v) is 9.28. The number of ketones is 1. The molecular weight excluding hydrogens is 324 g/mol. The molecule has 3 rings (SSSR count). The van der Waals surface area contributed by atoms with Crippen molar-refractivity contribution >= 4 is 17.5 Å². The molecule has 0 aliphatic heterocycles. The first-order chi connectivity index (χ1) is 11.7.